The van der Waals surface area contributed by atoms with Crippen LogP contribution in [0.3, 0.4) is 0 Å². The number of carbonyl (C=O) groups excluding carboxylic acids is 1. The molecule has 1 amide bonds. The molecular formula is C16H28N4O3. The lowest BCUT2D eigenvalue weighted by Crippen LogP contribution is -2.52. The number of ether oxygens (including phenoxy) is 2. The van der Waals surface area contributed by atoms with Crippen molar-refractivity contribution in [2.45, 2.75) is 64.8 Å². The zero-order chi connectivity index (χ0) is 17.1. The highest BCUT2D eigenvalue weighted by molar-refractivity contribution is 5.68. The lowest BCUT2D eigenvalue weighted by atomic mass is 9.90. The fraction of sp³-hybridized carbons (Fsp3) is 0.812. The summed E-state index contributed by atoms with van der Waals surface area (Å²) in [5, 5.41) is 4.05. The van der Waals surface area contributed by atoms with Gasteiger partial charge in [0, 0.05) is 13.6 Å². The maximum Gasteiger partial charge on any atom is 0.410 e. The van der Waals surface area contributed by atoms with Crippen LogP contribution in [0.15, 0.2) is 6.33 Å². The van der Waals surface area contributed by atoms with E-state index in [4.69, 9.17) is 9.47 Å². The van der Waals surface area contributed by atoms with Gasteiger partial charge in [-0.15, -0.1) is 0 Å². The minimum absolute atomic E-state index is 0.266. The first-order chi connectivity index (χ1) is 10.7. The van der Waals surface area contributed by atoms with Crippen LogP contribution in [-0.4, -0.2) is 50.0 Å². The van der Waals surface area contributed by atoms with E-state index in [1.54, 1.807) is 9.58 Å². The number of aryl methyl sites for hydroxylation is 1. The summed E-state index contributed by atoms with van der Waals surface area (Å²) in [6.45, 7) is 9.40. The van der Waals surface area contributed by atoms with Gasteiger partial charge in [-0.05, 0) is 40.0 Å². The first kappa shape index (κ1) is 17.7. The van der Waals surface area contributed by atoms with Gasteiger partial charge in [-0.2, -0.15) is 5.10 Å². The molecule has 2 heterocycles. The van der Waals surface area contributed by atoms with Gasteiger partial charge in [0.05, 0.1) is 12.1 Å². The maximum atomic E-state index is 12.3. The first-order valence-electron chi connectivity index (χ1n) is 8.19. The SMILES string of the molecule is CCC1(OCc2ncnn2C)CCCN(C(=O)OC(C)(C)C)C1. The van der Waals surface area contributed by atoms with Crippen LogP contribution in [0.5, 0.6) is 0 Å². The van der Waals surface area contributed by atoms with Crippen molar-refractivity contribution in [3.63, 3.8) is 0 Å². The maximum absolute atomic E-state index is 12.3. The van der Waals surface area contributed by atoms with Crippen molar-refractivity contribution in [3.8, 4) is 0 Å². The molecule has 7 heteroatoms. The standard InChI is InChI=1S/C16H28N4O3/c1-6-16(22-10-13-17-12-18-19(13)5)8-7-9-20(11-16)14(21)23-15(2,3)4/h12H,6-11H2,1-5H3. The van der Waals surface area contributed by atoms with Crippen LogP contribution >= 0.6 is 0 Å². The molecule has 0 radical (unpaired) electrons. The Morgan fingerprint density at radius 1 is 1.43 bits per heavy atom. The monoisotopic (exact) mass is 324 g/mol. The molecule has 1 saturated heterocycles. The van der Waals surface area contributed by atoms with E-state index in [-0.39, 0.29) is 11.7 Å². The molecule has 0 aromatic carbocycles. The predicted octanol–water partition coefficient (Wildman–Crippen LogP) is 2.51. The summed E-state index contributed by atoms with van der Waals surface area (Å²) in [4.78, 5) is 18.3. The summed E-state index contributed by atoms with van der Waals surface area (Å²) in [5.74, 6) is 0.784. The lowest BCUT2D eigenvalue weighted by Gasteiger charge is -2.42. The summed E-state index contributed by atoms with van der Waals surface area (Å²) >= 11 is 0. The Hall–Kier alpha value is -1.63. The highest BCUT2D eigenvalue weighted by Crippen LogP contribution is 2.30. The second kappa shape index (κ2) is 6.86. The molecule has 1 aliphatic rings. The second-order valence-corrected chi connectivity index (χ2v) is 7.13. The summed E-state index contributed by atoms with van der Waals surface area (Å²) in [6.07, 6.45) is 3.93. The normalized spacial score (nSPS) is 22.2. The van der Waals surface area contributed by atoms with Gasteiger partial charge in [0.25, 0.3) is 0 Å². The van der Waals surface area contributed by atoms with E-state index >= 15 is 0 Å². The number of piperidine rings is 1. The number of likely N-dealkylation sites (tertiary alicyclic amines) is 1. The molecule has 0 spiro atoms. The van der Waals surface area contributed by atoms with E-state index in [0.717, 1.165) is 25.1 Å². The zero-order valence-electron chi connectivity index (χ0n) is 14.8. The van der Waals surface area contributed by atoms with E-state index in [9.17, 15) is 4.79 Å². The summed E-state index contributed by atoms with van der Waals surface area (Å²) < 4.78 is 13.4. The van der Waals surface area contributed by atoms with Crippen LogP contribution in [0, 0.1) is 0 Å². The molecule has 0 aliphatic carbocycles. The summed E-state index contributed by atoms with van der Waals surface area (Å²) in [6, 6.07) is 0. The fourth-order valence-electron chi connectivity index (χ4n) is 2.76. The molecule has 0 bridgehead atoms. The zero-order valence-corrected chi connectivity index (χ0v) is 14.8. The largest absolute Gasteiger partial charge is 0.444 e. The Morgan fingerprint density at radius 2 is 2.17 bits per heavy atom. The van der Waals surface area contributed by atoms with Crippen molar-refractivity contribution < 1.29 is 14.3 Å². The molecule has 7 nitrogen and oxygen atoms in total. The summed E-state index contributed by atoms with van der Waals surface area (Å²) in [5.41, 5.74) is -0.829. The van der Waals surface area contributed by atoms with Crippen LogP contribution in [0.4, 0.5) is 4.79 Å². The van der Waals surface area contributed by atoms with Crippen LogP contribution in [0.25, 0.3) is 0 Å². The molecule has 1 atom stereocenters. The van der Waals surface area contributed by atoms with Gasteiger partial charge in [0.1, 0.15) is 18.5 Å². The molecule has 2 rings (SSSR count). The highest BCUT2D eigenvalue weighted by atomic mass is 16.6. The highest BCUT2D eigenvalue weighted by Gasteiger charge is 2.38. The quantitative estimate of drug-likeness (QED) is 0.851. The number of nitrogens with zero attached hydrogens (tertiary/aromatic N) is 4. The molecular weight excluding hydrogens is 296 g/mol. The minimum Gasteiger partial charge on any atom is -0.444 e. The van der Waals surface area contributed by atoms with Crippen molar-refractivity contribution >= 4 is 6.09 Å². The number of carbonyl (C=O) groups is 1. The average Bonchev–Trinajstić information content (AvgIpc) is 2.89. The van der Waals surface area contributed by atoms with Crippen LogP contribution in [0.1, 0.15) is 52.8 Å². The molecule has 1 unspecified atom stereocenters. The Morgan fingerprint density at radius 3 is 2.74 bits per heavy atom. The number of rotatable bonds is 4. The average molecular weight is 324 g/mol. The molecule has 1 aromatic rings. The Bertz CT molecular complexity index is 538. The number of hydrogen-bond acceptors (Lipinski definition) is 5. The van der Waals surface area contributed by atoms with E-state index in [1.165, 1.54) is 6.33 Å². The second-order valence-electron chi connectivity index (χ2n) is 7.13. The number of amides is 1. The topological polar surface area (TPSA) is 69.5 Å². The predicted molar refractivity (Wildman–Crippen MR) is 85.9 cm³/mol. The van der Waals surface area contributed by atoms with Crippen molar-refractivity contribution in [2.75, 3.05) is 13.1 Å². The van der Waals surface area contributed by atoms with Crippen molar-refractivity contribution in [1.29, 1.82) is 0 Å². The van der Waals surface area contributed by atoms with Gasteiger partial charge >= 0.3 is 6.09 Å². The number of aromatic nitrogens is 3. The van der Waals surface area contributed by atoms with Gasteiger partial charge in [-0.3, -0.25) is 4.68 Å². The van der Waals surface area contributed by atoms with Crippen LogP contribution < -0.4 is 0 Å². The molecule has 1 aromatic heterocycles. The van der Waals surface area contributed by atoms with Crippen LogP contribution in [0.2, 0.25) is 0 Å². The summed E-state index contributed by atoms with van der Waals surface area (Å²) in [7, 11) is 1.85. The molecule has 1 aliphatic heterocycles. The first-order valence-corrected chi connectivity index (χ1v) is 8.19. The molecule has 1 fully saturated rings. The van der Waals surface area contributed by atoms with Crippen molar-refractivity contribution in [1.82, 2.24) is 19.7 Å². The van der Waals surface area contributed by atoms with Gasteiger partial charge in [-0.25, -0.2) is 9.78 Å². The Kier molecular flexibility index (Phi) is 5.29. The van der Waals surface area contributed by atoms with Gasteiger partial charge in [0.15, 0.2) is 5.82 Å². The molecule has 0 N–H and O–H groups in total. The van der Waals surface area contributed by atoms with E-state index in [1.807, 2.05) is 27.8 Å². The Labute approximate surface area is 138 Å². The molecule has 23 heavy (non-hydrogen) atoms. The van der Waals surface area contributed by atoms with Crippen LogP contribution in [-0.2, 0) is 23.1 Å². The molecule has 0 saturated carbocycles. The fourth-order valence-corrected chi connectivity index (χ4v) is 2.76. The third kappa shape index (κ3) is 4.67. The minimum atomic E-state index is -0.483. The third-order valence-electron chi connectivity index (χ3n) is 4.15. The van der Waals surface area contributed by atoms with E-state index in [2.05, 4.69) is 17.0 Å². The van der Waals surface area contributed by atoms with Gasteiger partial charge < -0.3 is 14.4 Å². The molecule has 130 valence electrons. The third-order valence-corrected chi connectivity index (χ3v) is 4.15. The van der Waals surface area contributed by atoms with E-state index in [0.29, 0.717) is 19.7 Å². The van der Waals surface area contributed by atoms with Gasteiger partial charge in [0.2, 0.25) is 0 Å². The van der Waals surface area contributed by atoms with Crippen molar-refractivity contribution in [3.05, 3.63) is 12.2 Å². The Balaban J connectivity index is 2.00. The van der Waals surface area contributed by atoms with Crippen molar-refractivity contribution in [2.24, 2.45) is 7.05 Å². The smallest absolute Gasteiger partial charge is 0.410 e. The van der Waals surface area contributed by atoms with Gasteiger partial charge in [-0.1, -0.05) is 6.92 Å². The van der Waals surface area contributed by atoms with E-state index < -0.39 is 5.60 Å². The number of hydrogen-bond donors (Lipinski definition) is 0. The lowest BCUT2D eigenvalue weighted by molar-refractivity contribution is -0.104.